The summed E-state index contributed by atoms with van der Waals surface area (Å²) in [5.41, 5.74) is 7.53. The number of hydrogen-bond acceptors (Lipinski definition) is 2. The molecule has 0 spiro atoms. The summed E-state index contributed by atoms with van der Waals surface area (Å²) in [6.07, 6.45) is 0. The second kappa shape index (κ2) is 3.79. The molecule has 0 aliphatic heterocycles. The van der Waals surface area contributed by atoms with E-state index in [4.69, 9.17) is 17.3 Å². The van der Waals surface area contributed by atoms with E-state index in [0.29, 0.717) is 22.4 Å². The monoisotopic (exact) mass is 239 g/mol. The Balaban J connectivity index is 2.59. The third-order valence-electron chi connectivity index (χ3n) is 2.49. The van der Waals surface area contributed by atoms with Crippen LogP contribution in [-0.4, -0.2) is 9.55 Å². The Hall–Kier alpha value is -1.55. The van der Waals surface area contributed by atoms with E-state index in [-0.39, 0.29) is 5.82 Å². The molecule has 0 amide bonds. The zero-order valence-corrected chi connectivity index (χ0v) is 9.72. The van der Waals surface area contributed by atoms with Crippen LogP contribution in [0.5, 0.6) is 0 Å². The van der Waals surface area contributed by atoms with Crippen LogP contribution in [0.15, 0.2) is 18.2 Å². The zero-order chi connectivity index (χ0) is 11.9. The Kier molecular flexibility index (Phi) is 2.59. The summed E-state index contributed by atoms with van der Waals surface area (Å²) in [6, 6.07) is 4.73. The van der Waals surface area contributed by atoms with Crippen molar-refractivity contribution in [3.05, 3.63) is 34.7 Å². The highest BCUT2D eigenvalue weighted by Gasteiger charge is 2.13. The lowest BCUT2D eigenvalue weighted by Gasteiger charge is -2.01. The number of hydrogen-bond donors (Lipinski definition) is 1. The van der Waals surface area contributed by atoms with Gasteiger partial charge in [-0.2, -0.15) is 0 Å². The van der Waals surface area contributed by atoms with Gasteiger partial charge < -0.3 is 10.3 Å². The van der Waals surface area contributed by atoms with E-state index in [9.17, 15) is 4.39 Å². The average Bonchev–Trinajstić information content (AvgIpc) is 2.50. The van der Waals surface area contributed by atoms with Crippen LogP contribution in [0, 0.1) is 12.7 Å². The third kappa shape index (κ3) is 1.65. The summed E-state index contributed by atoms with van der Waals surface area (Å²) in [5.74, 6) is 0.0887. The van der Waals surface area contributed by atoms with Crippen molar-refractivity contribution in [2.45, 2.75) is 6.92 Å². The number of nitrogens with zero attached hydrogens (tertiary/aromatic N) is 2. The van der Waals surface area contributed by atoms with E-state index >= 15 is 0 Å². The van der Waals surface area contributed by atoms with E-state index < -0.39 is 0 Å². The number of imidazole rings is 1. The van der Waals surface area contributed by atoms with E-state index in [0.717, 1.165) is 5.56 Å². The maximum atomic E-state index is 13.1. The summed E-state index contributed by atoms with van der Waals surface area (Å²) in [6.45, 7) is 1.69. The maximum Gasteiger partial charge on any atom is 0.201 e. The van der Waals surface area contributed by atoms with Gasteiger partial charge in [0.1, 0.15) is 16.7 Å². The molecule has 5 heteroatoms. The molecule has 0 saturated carbocycles. The molecular formula is C11H11ClFN3. The van der Waals surface area contributed by atoms with Crippen LogP contribution in [0.1, 0.15) is 5.56 Å². The van der Waals surface area contributed by atoms with Gasteiger partial charge in [-0.3, -0.25) is 0 Å². The summed E-state index contributed by atoms with van der Waals surface area (Å²) >= 11 is 6.07. The molecule has 2 rings (SSSR count). The minimum Gasteiger partial charge on any atom is -0.369 e. The van der Waals surface area contributed by atoms with E-state index in [1.165, 1.54) is 6.07 Å². The molecule has 0 unspecified atom stereocenters. The van der Waals surface area contributed by atoms with E-state index in [1.807, 2.05) is 0 Å². The number of nitrogen functional groups attached to an aromatic ring is 1. The summed E-state index contributed by atoms with van der Waals surface area (Å²) in [7, 11) is 1.73. The van der Waals surface area contributed by atoms with Crippen LogP contribution >= 0.6 is 11.6 Å². The maximum absolute atomic E-state index is 13.1. The first-order valence-electron chi connectivity index (χ1n) is 4.75. The standard InChI is InChI=1S/C11H11ClFN3/c1-6-5-7(3-4-8(6)13)9-10(12)16(2)11(14)15-9/h3-5H,1-2H3,(H2,14,15). The third-order valence-corrected chi connectivity index (χ3v) is 2.92. The lowest BCUT2D eigenvalue weighted by molar-refractivity contribution is 0.619. The highest BCUT2D eigenvalue weighted by atomic mass is 35.5. The summed E-state index contributed by atoms with van der Waals surface area (Å²) in [5, 5.41) is 0.448. The van der Waals surface area contributed by atoms with Crippen molar-refractivity contribution < 1.29 is 4.39 Å². The van der Waals surface area contributed by atoms with Gasteiger partial charge in [0.2, 0.25) is 5.95 Å². The second-order valence-corrected chi connectivity index (χ2v) is 3.99. The molecule has 1 aromatic heterocycles. The minimum atomic E-state index is -0.247. The second-order valence-electron chi connectivity index (χ2n) is 3.63. The van der Waals surface area contributed by atoms with Gasteiger partial charge >= 0.3 is 0 Å². The highest BCUT2D eigenvalue weighted by molar-refractivity contribution is 6.32. The molecule has 3 nitrogen and oxygen atoms in total. The van der Waals surface area contributed by atoms with Crippen molar-refractivity contribution in [3.8, 4) is 11.3 Å². The normalized spacial score (nSPS) is 10.8. The molecule has 0 atom stereocenters. The Labute approximate surface area is 97.7 Å². The predicted molar refractivity (Wildman–Crippen MR) is 62.8 cm³/mol. The van der Waals surface area contributed by atoms with Gasteiger partial charge in [0.25, 0.3) is 0 Å². The lowest BCUT2D eigenvalue weighted by Crippen LogP contribution is -1.96. The molecular weight excluding hydrogens is 229 g/mol. The molecule has 16 heavy (non-hydrogen) atoms. The number of aryl methyl sites for hydroxylation is 1. The van der Waals surface area contributed by atoms with Crippen molar-refractivity contribution in [1.29, 1.82) is 0 Å². The van der Waals surface area contributed by atoms with Crippen molar-refractivity contribution in [3.63, 3.8) is 0 Å². The quantitative estimate of drug-likeness (QED) is 0.832. The van der Waals surface area contributed by atoms with Crippen molar-refractivity contribution in [2.24, 2.45) is 7.05 Å². The molecule has 0 aliphatic carbocycles. The minimum absolute atomic E-state index is 0.247. The molecule has 1 aromatic carbocycles. The van der Waals surface area contributed by atoms with Gasteiger partial charge in [0.15, 0.2) is 0 Å². The smallest absolute Gasteiger partial charge is 0.201 e. The molecule has 0 saturated heterocycles. The van der Waals surface area contributed by atoms with Gasteiger partial charge in [-0.25, -0.2) is 9.37 Å². The highest BCUT2D eigenvalue weighted by Crippen LogP contribution is 2.29. The Bertz CT molecular complexity index is 548. The van der Waals surface area contributed by atoms with E-state index in [1.54, 1.807) is 30.7 Å². The van der Waals surface area contributed by atoms with Crippen molar-refractivity contribution in [1.82, 2.24) is 9.55 Å². The molecule has 84 valence electrons. The van der Waals surface area contributed by atoms with Gasteiger partial charge in [0.05, 0.1) is 0 Å². The fourth-order valence-corrected chi connectivity index (χ4v) is 1.71. The Morgan fingerprint density at radius 2 is 2.12 bits per heavy atom. The molecule has 2 N–H and O–H groups in total. The first kappa shape index (κ1) is 11.0. The number of halogens is 2. The topological polar surface area (TPSA) is 43.8 Å². The molecule has 0 fully saturated rings. The number of benzene rings is 1. The Morgan fingerprint density at radius 3 is 2.62 bits per heavy atom. The van der Waals surface area contributed by atoms with Gasteiger partial charge in [-0.15, -0.1) is 0 Å². The van der Waals surface area contributed by atoms with Crippen LogP contribution in [0.2, 0.25) is 5.15 Å². The number of aromatic nitrogens is 2. The summed E-state index contributed by atoms with van der Waals surface area (Å²) in [4.78, 5) is 4.14. The predicted octanol–water partition coefficient (Wildman–Crippen LogP) is 2.77. The molecule has 0 radical (unpaired) electrons. The largest absolute Gasteiger partial charge is 0.369 e. The fourth-order valence-electron chi connectivity index (χ4n) is 1.47. The first-order chi connectivity index (χ1) is 7.50. The van der Waals surface area contributed by atoms with Crippen LogP contribution in [0.3, 0.4) is 0 Å². The van der Waals surface area contributed by atoms with Crippen molar-refractivity contribution >= 4 is 17.5 Å². The van der Waals surface area contributed by atoms with Crippen molar-refractivity contribution in [2.75, 3.05) is 5.73 Å². The van der Waals surface area contributed by atoms with Crippen LogP contribution in [0.25, 0.3) is 11.3 Å². The first-order valence-corrected chi connectivity index (χ1v) is 5.12. The zero-order valence-electron chi connectivity index (χ0n) is 8.96. The van der Waals surface area contributed by atoms with Gasteiger partial charge in [-0.05, 0) is 30.7 Å². The molecule has 0 bridgehead atoms. The number of nitrogens with two attached hydrogens (primary N) is 1. The number of anilines is 1. The average molecular weight is 240 g/mol. The SMILES string of the molecule is Cc1cc(-c2nc(N)n(C)c2Cl)ccc1F. The van der Waals surface area contributed by atoms with Crippen LogP contribution < -0.4 is 5.73 Å². The molecule has 2 aromatic rings. The van der Waals surface area contributed by atoms with Gasteiger partial charge in [0, 0.05) is 12.6 Å². The number of rotatable bonds is 1. The van der Waals surface area contributed by atoms with Crippen LogP contribution in [-0.2, 0) is 7.05 Å². The fraction of sp³-hybridized carbons (Fsp3) is 0.182. The summed E-state index contributed by atoms with van der Waals surface area (Å²) < 4.78 is 14.7. The van der Waals surface area contributed by atoms with Crippen LogP contribution in [0.4, 0.5) is 10.3 Å². The Morgan fingerprint density at radius 1 is 1.44 bits per heavy atom. The lowest BCUT2D eigenvalue weighted by atomic mass is 10.1. The molecule has 0 aliphatic rings. The van der Waals surface area contributed by atoms with E-state index in [2.05, 4.69) is 4.98 Å². The molecule has 1 heterocycles. The van der Waals surface area contributed by atoms with Gasteiger partial charge in [-0.1, -0.05) is 11.6 Å².